The Morgan fingerprint density at radius 1 is 0.864 bits per heavy atom. The van der Waals surface area contributed by atoms with Crippen molar-refractivity contribution in [1.82, 2.24) is 14.7 Å². The molecular formula is C18H33N3O. The summed E-state index contributed by atoms with van der Waals surface area (Å²) in [4.78, 5) is 7.82. The van der Waals surface area contributed by atoms with Crippen LogP contribution in [-0.2, 0) is 4.74 Å². The van der Waals surface area contributed by atoms with E-state index in [1.807, 2.05) is 0 Å². The molecule has 1 saturated carbocycles. The first-order chi connectivity index (χ1) is 10.7. The average Bonchev–Trinajstić information content (AvgIpc) is 2.44. The van der Waals surface area contributed by atoms with Crippen molar-refractivity contribution >= 4 is 0 Å². The van der Waals surface area contributed by atoms with Crippen LogP contribution in [-0.4, -0.2) is 86.3 Å². The highest BCUT2D eigenvalue weighted by atomic mass is 16.5. The summed E-state index contributed by atoms with van der Waals surface area (Å²) in [5.41, 5.74) is 0.188. The topological polar surface area (TPSA) is 19.0 Å². The Bertz CT molecular complexity index is 371. The van der Waals surface area contributed by atoms with E-state index in [4.69, 9.17) is 4.74 Å². The minimum absolute atomic E-state index is 0.188. The predicted octanol–water partition coefficient (Wildman–Crippen LogP) is 1.51. The van der Waals surface area contributed by atoms with Gasteiger partial charge in [0.1, 0.15) is 5.60 Å². The van der Waals surface area contributed by atoms with Gasteiger partial charge in [0.15, 0.2) is 0 Å². The van der Waals surface area contributed by atoms with Gasteiger partial charge in [-0.1, -0.05) is 6.42 Å². The van der Waals surface area contributed by atoms with E-state index in [-0.39, 0.29) is 5.60 Å². The van der Waals surface area contributed by atoms with Crippen molar-refractivity contribution in [1.29, 1.82) is 0 Å². The minimum Gasteiger partial charge on any atom is -0.370 e. The maximum absolute atomic E-state index is 6.21. The van der Waals surface area contributed by atoms with Gasteiger partial charge in [0.2, 0.25) is 0 Å². The molecule has 0 radical (unpaired) electrons. The Morgan fingerprint density at radius 2 is 1.50 bits per heavy atom. The van der Waals surface area contributed by atoms with E-state index in [1.54, 1.807) is 0 Å². The summed E-state index contributed by atoms with van der Waals surface area (Å²) in [5.74, 6) is 1.91. The molecule has 3 heterocycles. The Balaban J connectivity index is 1.21. The number of rotatable bonds is 4. The van der Waals surface area contributed by atoms with Gasteiger partial charge in [-0.05, 0) is 57.7 Å². The molecule has 0 aromatic heterocycles. The molecule has 4 rings (SSSR count). The molecular weight excluding hydrogens is 274 g/mol. The largest absolute Gasteiger partial charge is 0.370 e. The van der Waals surface area contributed by atoms with Crippen LogP contribution in [0.1, 0.15) is 32.1 Å². The molecule has 0 aromatic rings. The van der Waals surface area contributed by atoms with Crippen LogP contribution in [0.25, 0.3) is 0 Å². The second kappa shape index (κ2) is 6.39. The van der Waals surface area contributed by atoms with Crippen LogP contribution >= 0.6 is 0 Å². The molecule has 0 N–H and O–H groups in total. The molecule has 4 aliphatic rings. The van der Waals surface area contributed by atoms with Crippen LogP contribution in [0.2, 0.25) is 0 Å². The summed E-state index contributed by atoms with van der Waals surface area (Å²) in [6.07, 6.45) is 7.16. The van der Waals surface area contributed by atoms with Gasteiger partial charge in [0.25, 0.3) is 0 Å². The highest BCUT2D eigenvalue weighted by Gasteiger charge is 2.47. The number of hydrogen-bond donors (Lipinski definition) is 0. The van der Waals surface area contributed by atoms with Gasteiger partial charge in [-0.25, -0.2) is 0 Å². The maximum Gasteiger partial charge on any atom is 0.106 e. The highest BCUT2D eigenvalue weighted by molar-refractivity contribution is 5.02. The normalized spacial score (nSPS) is 32.0. The van der Waals surface area contributed by atoms with Gasteiger partial charge in [-0.3, -0.25) is 9.80 Å². The molecule has 4 heteroatoms. The number of piperidine rings is 1. The van der Waals surface area contributed by atoms with Gasteiger partial charge < -0.3 is 9.64 Å². The first-order valence-corrected chi connectivity index (χ1v) is 9.48. The molecule has 3 aliphatic heterocycles. The number of hydrogen-bond acceptors (Lipinski definition) is 4. The molecule has 0 bridgehead atoms. The zero-order valence-electron chi connectivity index (χ0n) is 14.3. The van der Waals surface area contributed by atoms with Crippen molar-refractivity contribution in [3.05, 3.63) is 0 Å². The fourth-order valence-corrected chi connectivity index (χ4v) is 4.82. The first-order valence-electron chi connectivity index (χ1n) is 9.48. The molecule has 22 heavy (non-hydrogen) atoms. The lowest BCUT2D eigenvalue weighted by Gasteiger charge is -2.55. The van der Waals surface area contributed by atoms with Gasteiger partial charge in [-0.2, -0.15) is 0 Å². The van der Waals surface area contributed by atoms with E-state index in [0.29, 0.717) is 0 Å². The second-order valence-electron chi connectivity index (χ2n) is 8.48. The summed E-state index contributed by atoms with van der Waals surface area (Å²) in [6, 6.07) is 0. The predicted molar refractivity (Wildman–Crippen MR) is 89.1 cm³/mol. The van der Waals surface area contributed by atoms with Gasteiger partial charge >= 0.3 is 0 Å². The van der Waals surface area contributed by atoms with Crippen LogP contribution in [0.15, 0.2) is 0 Å². The quantitative estimate of drug-likeness (QED) is 0.784. The summed E-state index contributed by atoms with van der Waals surface area (Å²) in [6.45, 7) is 10.9. The lowest BCUT2D eigenvalue weighted by molar-refractivity contribution is -0.188. The summed E-state index contributed by atoms with van der Waals surface area (Å²) >= 11 is 0. The lowest BCUT2D eigenvalue weighted by atomic mass is 9.84. The Kier molecular flexibility index (Phi) is 4.46. The van der Waals surface area contributed by atoms with Gasteiger partial charge in [0.05, 0.1) is 6.61 Å². The van der Waals surface area contributed by atoms with Crippen LogP contribution < -0.4 is 0 Å². The fraction of sp³-hybridized carbons (Fsp3) is 1.00. The molecule has 1 spiro atoms. The molecule has 126 valence electrons. The zero-order valence-corrected chi connectivity index (χ0v) is 14.3. The van der Waals surface area contributed by atoms with Crippen molar-refractivity contribution in [2.45, 2.75) is 37.7 Å². The molecule has 1 aliphatic carbocycles. The molecule has 4 fully saturated rings. The molecule has 4 nitrogen and oxygen atoms in total. The lowest BCUT2D eigenvalue weighted by Crippen LogP contribution is -2.70. The van der Waals surface area contributed by atoms with E-state index >= 15 is 0 Å². The maximum atomic E-state index is 6.21. The molecule has 0 aromatic carbocycles. The Labute approximate surface area is 135 Å². The Morgan fingerprint density at radius 3 is 2.18 bits per heavy atom. The van der Waals surface area contributed by atoms with Gasteiger partial charge in [-0.15, -0.1) is 0 Å². The van der Waals surface area contributed by atoms with Crippen molar-refractivity contribution < 1.29 is 4.74 Å². The van der Waals surface area contributed by atoms with Crippen molar-refractivity contribution in [3.8, 4) is 0 Å². The van der Waals surface area contributed by atoms with Crippen molar-refractivity contribution in [2.75, 3.05) is 66.0 Å². The van der Waals surface area contributed by atoms with E-state index in [0.717, 1.165) is 25.0 Å². The number of likely N-dealkylation sites (tertiary alicyclic amines) is 2. The molecule has 3 saturated heterocycles. The third-order valence-corrected chi connectivity index (χ3v) is 6.45. The third kappa shape index (κ3) is 3.35. The SMILES string of the molecule is CN1CCC(CN2CC3(CN(CC4CCC4)CCO3)C2)CC1. The summed E-state index contributed by atoms with van der Waals surface area (Å²) < 4.78 is 6.21. The van der Waals surface area contributed by atoms with E-state index in [1.165, 1.54) is 77.9 Å². The monoisotopic (exact) mass is 307 g/mol. The van der Waals surface area contributed by atoms with Crippen LogP contribution in [0.3, 0.4) is 0 Å². The number of morpholine rings is 1. The number of ether oxygens (including phenoxy) is 1. The minimum atomic E-state index is 0.188. The summed E-state index contributed by atoms with van der Waals surface area (Å²) in [7, 11) is 2.25. The second-order valence-corrected chi connectivity index (χ2v) is 8.48. The third-order valence-electron chi connectivity index (χ3n) is 6.45. The highest BCUT2D eigenvalue weighted by Crippen LogP contribution is 2.33. The van der Waals surface area contributed by atoms with E-state index in [9.17, 15) is 0 Å². The van der Waals surface area contributed by atoms with E-state index < -0.39 is 0 Å². The standard InChI is InChI=1S/C18H33N3O/c1-19-7-5-17(6-8-19)12-21-14-18(15-21)13-20(9-10-22-18)11-16-3-2-4-16/h16-17H,2-15H2,1H3. The molecule has 0 unspecified atom stereocenters. The fourth-order valence-electron chi connectivity index (χ4n) is 4.82. The molecule has 0 atom stereocenters. The van der Waals surface area contributed by atoms with Crippen LogP contribution in [0.5, 0.6) is 0 Å². The van der Waals surface area contributed by atoms with Crippen molar-refractivity contribution in [2.24, 2.45) is 11.8 Å². The van der Waals surface area contributed by atoms with Crippen LogP contribution in [0, 0.1) is 11.8 Å². The van der Waals surface area contributed by atoms with Gasteiger partial charge in [0, 0.05) is 39.3 Å². The zero-order chi connectivity index (χ0) is 15.0. The Hall–Kier alpha value is -0.160. The molecule has 0 amide bonds. The van der Waals surface area contributed by atoms with Crippen molar-refractivity contribution in [3.63, 3.8) is 0 Å². The smallest absolute Gasteiger partial charge is 0.106 e. The average molecular weight is 307 g/mol. The number of nitrogens with zero attached hydrogens (tertiary/aromatic N) is 3. The first kappa shape index (κ1) is 15.4. The summed E-state index contributed by atoms with van der Waals surface area (Å²) in [5, 5.41) is 0. The van der Waals surface area contributed by atoms with Crippen LogP contribution in [0.4, 0.5) is 0 Å². The van der Waals surface area contributed by atoms with E-state index in [2.05, 4.69) is 21.7 Å².